The first kappa shape index (κ1) is 23.0. The van der Waals surface area contributed by atoms with Crippen molar-refractivity contribution in [3.05, 3.63) is 59.2 Å². The van der Waals surface area contributed by atoms with Gasteiger partial charge in [0.1, 0.15) is 0 Å². The van der Waals surface area contributed by atoms with Crippen molar-refractivity contribution >= 4 is 34.0 Å². The van der Waals surface area contributed by atoms with E-state index >= 15 is 0 Å². The van der Waals surface area contributed by atoms with Crippen LogP contribution in [-0.2, 0) is 10.0 Å². The summed E-state index contributed by atoms with van der Waals surface area (Å²) in [6.07, 6.45) is 0. The molecule has 0 bridgehead atoms. The standard InChI is InChI=1S/C19H25N3O3S.ClH/c1-13-8-9-14(2)17(10-13)26(24,25)22-16-7-5-6-15(11-16)18(23)21-19(3,4)12-20;/h5-11,22H,12,20H2,1-4H3,(H,21,23);1H. The first-order chi connectivity index (χ1) is 12.0. The number of carbonyl (C=O) groups excluding carboxylic acids is 1. The molecule has 0 aliphatic heterocycles. The minimum atomic E-state index is -3.75. The van der Waals surface area contributed by atoms with Crippen LogP contribution >= 0.6 is 12.4 Å². The molecule has 0 aliphatic rings. The van der Waals surface area contributed by atoms with Crippen molar-refractivity contribution < 1.29 is 13.2 Å². The molecule has 0 saturated carbocycles. The van der Waals surface area contributed by atoms with Crippen LogP contribution < -0.4 is 15.8 Å². The van der Waals surface area contributed by atoms with Crippen molar-refractivity contribution in [1.82, 2.24) is 5.32 Å². The van der Waals surface area contributed by atoms with Gasteiger partial charge in [-0.3, -0.25) is 9.52 Å². The Morgan fingerprint density at radius 3 is 2.41 bits per heavy atom. The zero-order valence-corrected chi connectivity index (χ0v) is 17.5. The number of carbonyl (C=O) groups is 1. The van der Waals surface area contributed by atoms with Gasteiger partial charge < -0.3 is 11.1 Å². The maximum Gasteiger partial charge on any atom is 0.262 e. The number of amides is 1. The van der Waals surface area contributed by atoms with Crippen LogP contribution in [0.1, 0.15) is 35.3 Å². The van der Waals surface area contributed by atoms with Crippen LogP contribution in [-0.4, -0.2) is 26.4 Å². The topological polar surface area (TPSA) is 101 Å². The average Bonchev–Trinajstić information content (AvgIpc) is 2.56. The Bertz CT molecular complexity index is 928. The molecule has 0 unspecified atom stereocenters. The second-order valence-electron chi connectivity index (χ2n) is 7.00. The summed E-state index contributed by atoms with van der Waals surface area (Å²) in [5, 5.41) is 2.82. The first-order valence-electron chi connectivity index (χ1n) is 8.27. The maximum atomic E-state index is 12.7. The van der Waals surface area contributed by atoms with E-state index in [0.29, 0.717) is 16.8 Å². The van der Waals surface area contributed by atoms with Gasteiger partial charge in [-0.2, -0.15) is 0 Å². The summed E-state index contributed by atoms with van der Waals surface area (Å²) in [5.74, 6) is -0.312. The summed E-state index contributed by atoms with van der Waals surface area (Å²) >= 11 is 0. The molecule has 0 spiro atoms. The number of nitrogens with two attached hydrogens (primary N) is 1. The molecule has 0 heterocycles. The molecule has 6 nitrogen and oxygen atoms in total. The Labute approximate surface area is 167 Å². The van der Waals surface area contributed by atoms with E-state index in [2.05, 4.69) is 10.0 Å². The molecule has 0 saturated heterocycles. The third-order valence-electron chi connectivity index (χ3n) is 3.97. The van der Waals surface area contributed by atoms with Crippen LogP contribution in [0.25, 0.3) is 0 Å². The fourth-order valence-corrected chi connectivity index (χ4v) is 3.74. The van der Waals surface area contributed by atoms with Gasteiger partial charge in [0.15, 0.2) is 0 Å². The van der Waals surface area contributed by atoms with E-state index in [1.54, 1.807) is 37.3 Å². The van der Waals surface area contributed by atoms with Gasteiger partial charge in [-0.25, -0.2) is 8.42 Å². The van der Waals surface area contributed by atoms with Crippen LogP contribution in [0.4, 0.5) is 5.69 Å². The predicted octanol–water partition coefficient (Wildman–Crippen LogP) is 2.99. The van der Waals surface area contributed by atoms with E-state index in [4.69, 9.17) is 5.73 Å². The summed E-state index contributed by atoms with van der Waals surface area (Å²) in [7, 11) is -3.75. The average molecular weight is 412 g/mol. The van der Waals surface area contributed by atoms with Gasteiger partial charge in [0.25, 0.3) is 15.9 Å². The van der Waals surface area contributed by atoms with E-state index in [9.17, 15) is 13.2 Å². The Morgan fingerprint density at radius 2 is 1.78 bits per heavy atom. The van der Waals surface area contributed by atoms with Crippen molar-refractivity contribution in [3.8, 4) is 0 Å². The van der Waals surface area contributed by atoms with Crippen molar-refractivity contribution in [2.75, 3.05) is 11.3 Å². The number of rotatable bonds is 6. The molecule has 148 valence electrons. The number of benzene rings is 2. The highest BCUT2D eigenvalue weighted by Gasteiger charge is 2.21. The number of hydrogen-bond donors (Lipinski definition) is 3. The van der Waals surface area contributed by atoms with Crippen LogP contribution in [0.15, 0.2) is 47.4 Å². The zero-order valence-electron chi connectivity index (χ0n) is 15.9. The summed E-state index contributed by atoms with van der Waals surface area (Å²) in [6, 6.07) is 11.6. The number of aryl methyl sites for hydroxylation is 2. The first-order valence-corrected chi connectivity index (χ1v) is 9.75. The lowest BCUT2D eigenvalue weighted by Gasteiger charge is -2.24. The van der Waals surface area contributed by atoms with Crippen LogP contribution in [0.2, 0.25) is 0 Å². The molecule has 27 heavy (non-hydrogen) atoms. The maximum absolute atomic E-state index is 12.7. The van der Waals surface area contributed by atoms with Crippen molar-refractivity contribution in [2.24, 2.45) is 5.73 Å². The summed E-state index contributed by atoms with van der Waals surface area (Å²) < 4.78 is 27.9. The molecule has 0 atom stereocenters. The fraction of sp³-hybridized carbons (Fsp3) is 0.316. The molecule has 8 heteroatoms. The lowest BCUT2D eigenvalue weighted by Crippen LogP contribution is -2.48. The SMILES string of the molecule is Cc1ccc(C)c(S(=O)(=O)Nc2cccc(C(=O)NC(C)(C)CN)c2)c1.Cl. The minimum Gasteiger partial charge on any atom is -0.346 e. The molecular weight excluding hydrogens is 386 g/mol. The fourth-order valence-electron chi connectivity index (χ4n) is 2.36. The number of anilines is 1. The van der Waals surface area contributed by atoms with Gasteiger partial charge in [-0.1, -0.05) is 18.2 Å². The molecule has 0 radical (unpaired) electrons. The van der Waals surface area contributed by atoms with Crippen LogP contribution in [0.5, 0.6) is 0 Å². The van der Waals surface area contributed by atoms with E-state index in [0.717, 1.165) is 5.56 Å². The molecule has 0 fully saturated rings. The van der Waals surface area contributed by atoms with Crippen molar-refractivity contribution in [1.29, 1.82) is 0 Å². The van der Waals surface area contributed by atoms with Crippen LogP contribution in [0, 0.1) is 13.8 Å². The second-order valence-corrected chi connectivity index (χ2v) is 8.65. The van der Waals surface area contributed by atoms with E-state index in [1.165, 1.54) is 6.07 Å². The minimum absolute atomic E-state index is 0. The van der Waals surface area contributed by atoms with Gasteiger partial charge in [-0.05, 0) is 63.1 Å². The van der Waals surface area contributed by atoms with Crippen molar-refractivity contribution in [2.45, 2.75) is 38.1 Å². The van der Waals surface area contributed by atoms with Gasteiger partial charge in [0.2, 0.25) is 0 Å². The van der Waals surface area contributed by atoms with E-state index in [1.807, 2.05) is 26.8 Å². The molecule has 1 amide bonds. The molecule has 2 aromatic rings. The Hall–Kier alpha value is -2.09. The van der Waals surface area contributed by atoms with Gasteiger partial charge >= 0.3 is 0 Å². The Balaban J connectivity index is 0.00000364. The number of halogens is 1. The number of sulfonamides is 1. The monoisotopic (exact) mass is 411 g/mol. The summed E-state index contributed by atoms with van der Waals surface area (Å²) in [6.45, 7) is 7.50. The molecular formula is C19H26ClN3O3S. The van der Waals surface area contributed by atoms with Gasteiger partial charge in [0, 0.05) is 23.3 Å². The predicted molar refractivity (Wildman–Crippen MR) is 111 cm³/mol. The molecule has 2 rings (SSSR count). The Morgan fingerprint density at radius 1 is 1.11 bits per heavy atom. The lowest BCUT2D eigenvalue weighted by atomic mass is 10.1. The van der Waals surface area contributed by atoms with Crippen molar-refractivity contribution in [3.63, 3.8) is 0 Å². The second kappa shape index (κ2) is 8.73. The highest BCUT2D eigenvalue weighted by atomic mass is 35.5. The third-order valence-corrected chi connectivity index (χ3v) is 5.50. The summed E-state index contributed by atoms with van der Waals surface area (Å²) in [4.78, 5) is 12.6. The quantitative estimate of drug-likeness (QED) is 0.680. The largest absolute Gasteiger partial charge is 0.346 e. The van der Waals surface area contributed by atoms with Gasteiger partial charge in [-0.15, -0.1) is 12.4 Å². The highest BCUT2D eigenvalue weighted by Crippen LogP contribution is 2.21. The number of nitrogens with one attached hydrogen (secondary N) is 2. The van der Waals surface area contributed by atoms with Crippen LogP contribution in [0.3, 0.4) is 0 Å². The van der Waals surface area contributed by atoms with E-state index < -0.39 is 15.6 Å². The highest BCUT2D eigenvalue weighted by molar-refractivity contribution is 7.92. The molecule has 2 aromatic carbocycles. The number of hydrogen-bond acceptors (Lipinski definition) is 4. The Kier molecular flexibility index (Phi) is 7.42. The lowest BCUT2D eigenvalue weighted by molar-refractivity contribution is 0.0915. The van der Waals surface area contributed by atoms with Gasteiger partial charge in [0.05, 0.1) is 4.90 Å². The smallest absolute Gasteiger partial charge is 0.262 e. The zero-order chi connectivity index (χ0) is 19.5. The molecule has 4 N–H and O–H groups in total. The third kappa shape index (κ3) is 5.95. The molecule has 0 aliphatic carbocycles. The normalized spacial score (nSPS) is 11.4. The summed E-state index contributed by atoms with van der Waals surface area (Å²) in [5.41, 5.74) is 7.27. The van der Waals surface area contributed by atoms with E-state index in [-0.39, 0.29) is 29.8 Å². The molecule has 0 aromatic heterocycles.